The van der Waals surface area contributed by atoms with Gasteiger partial charge in [0.2, 0.25) is 0 Å². The number of anilines is 1. The minimum Gasteiger partial charge on any atom is -0.374 e. The Morgan fingerprint density at radius 3 is 2.76 bits per heavy atom. The minimum atomic E-state index is -0.727. The molecule has 0 saturated heterocycles. The van der Waals surface area contributed by atoms with Crippen molar-refractivity contribution in [3.63, 3.8) is 0 Å². The quantitative estimate of drug-likeness (QED) is 0.809. The molecule has 0 atom stereocenters. The topological polar surface area (TPSA) is 73.6 Å². The fourth-order valence-electron chi connectivity index (χ4n) is 1.27. The zero-order valence-corrected chi connectivity index (χ0v) is 9.94. The van der Waals surface area contributed by atoms with E-state index in [0.717, 1.165) is 12.1 Å². The van der Waals surface area contributed by atoms with Crippen LogP contribution >= 0.6 is 15.9 Å². The summed E-state index contributed by atoms with van der Waals surface area (Å²) in [5.74, 6) is -1.08. The van der Waals surface area contributed by atoms with Crippen LogP contribution in [0.4, 0.5) is 14.5 Å². The summed E-state index contributed by atoms with van der Waals surface area (Å²) in [7, 11) is 0. The molecule has 0 unspecified atom stereocenters. The molecule has 0 aliphatic heterocycles. The lowest BCUT2D eigenvalue weighted by molar-refractivity contribution is 0.583. The van der Waals surface area contributed by atoms with Gasteiger partial charge in [-0.3, -0.25) is 4.98 Å². The second-order valence-electron chi connectivity index (χ2n) is 3.22. The number of H-pyrrole nitrogens is 2. The van der Waals surface area contributed by atoms with Gasteiger partial charge in [0.05, 0.1) is 12.2 Å². The van der Waals surface area contributed by atoms with E-state index in [1.807, 2.05) is 0 Å². The number of nitrogens with zero attached hydrogens (tertiary/aromatic N) is 1. The fraction of sp³-hybridized carbons (Fsp3) is 0.111. The predicted octanol–water partition coefficient (Wildman–Crippen LogP) is 1.75. The Morgan fingerprint density at radius 1 is 1.41 bits per heavy atom. The number of aromatic amines is 2. The second-order valence-corrected chi connectivity index (χ2v) is 4.08. The molecule has 0 aliphatic carbocycles. The molecular formula is C9H7BrF2N4O. The van der Waals surface area contributed by atoms with Crippen molar-refractivity contribution in [2.45, 2.75) is 6.54 Å². The van der Waals surface area contributed by atoms with Crippen LogP contribution in [0.15, 0.2) is 21.4 Å². The molecule has 1 aromatic carbocycles. The van der Waals surface area contributed by atoms with Crippen molar-refractivity contribution in [2.24, 2.45) is 0 Å². The van der Waals surface area contributed by atoms with E-state index in [1.165, 1.54) is 0 Å². The molecule has 8 heteroatoms. The van der Waals surface area contributed by atoms with Gasteiger partial charge in [0.15, 0.2) is 0 Å². The highest BCUT2D eigenvalue weighted by Gasteiger charge is 2.09. The molecule has 5 nitrogen and oxygen atoms in total. The average Bonchev–Trinajstić information content (AvgIpc) is 2.62. The highest BCUT2D eigenvalue weighted by molar-refractivity contribution is 9.10. The first-order chi connectivity index (χ1) is 8.06. The van der Waals surface area contributed by atoms with E-state index in [-0.39, 0.29) is 16.7 Å². The summed E-state index contributed by atoms with van der Waals surface area (Å²) in [6.45, 7) is 0.111. The van der Waals surface area contributed by atoms with E-state index in [9.17, 15) is 13.6 Å². The zero-order valence-electron chi connectivity index (χ0n) is 8.35. The van der Waals surface area contributed by atoms with Gasteiger partial charge in [-0.1, -0.05) is 0 Å². The number of nitrogens with one attached hydrogen (secondary N) is 3. The smallest absolute Gasteiger partial charge is 0.340 e. The number of aromatic nitrogens is 3. The minimum absolute atomic E-state index is 0.107. The van der Waals surface area contributed by atoms with Crippen LogP contribution in [-0.2, 0) is 6.54 Å². The van der Waals surface area contributed by atoms with Crippen LogP contribution in [0.1, 0.15) is 5.82 Å². The fourth-order valence-corrected chi connectivity index (χ4v) is 1.82. The summed E-state index contributed by atoms with van der Waals surface area (Å²) in [5.41, 5.74) is -0.337. The first-order valence-corrected chi connectivity index (χ1v) is 5.37. The van der Waals surface area contributed by atoms with Gasteiger partial charge in [-0.2, -0.15) is 5.10 Å². The molecule has 3 N–H and O–H groups in total. The summed E-state index contributed by atoms with van der Waals surface area (Å²) in [4.78, 5) is 13.1. The van der Waals surface area contributed by atoms with Gasteiger partial charge in [-0.05, 0) is 22.0 Å². The number of rotatable bonds is 3. The van der Waals surface area contributed by atoms with Gasteiger partial charge in [0.25, 0.3) is 0 Å². The monoisotopic (exact) mass is 304 g/mol. The third kappa shape index (κ3) is 2.70. The first kappa shape index (κ1) is 11.8. The van der Waals surface area contributed by atoms with Gasteiger partial charge in [-0.25, -0.2) is 18.7 Å². The maximum atomic E-state index is 13.4. The van der Waals surface area contributed by atoms with Gasteiger partial charge in [-0.15, -0.1) is 0 Å². The Labute approximate surface area is 102 Å². The van der Waals surface area contributed by atoms with Crippen molar-refractivity contribution in [2.75, 3.05) is 5.32 Å². The maximum absolute atomic E-state index is 13.4. The number of hydrogen-bond donors (Lipinski definition) is 3. The third-order valence-electron chi connectivity index (χ3n) is 1.99. The van der Waals surface area contributed by atoms with E-state index < -0.39 is 17.3 Å². The molecule has 0 aliphatic rings. The van der Waals surface area contributed by atoms with E-state index >= 15 is 0 Å². The molecule has 2 aromatic rings. The molecule has 0 spiro atoms. The summed E-state index contributed by atoms with van der Waals surface area (Å²) in [5, 5.41) is 8.51. The van der Waals surface area contributed by atoms with Crippen molar-refractivity contribution < 1.29 is 8.78 Å². The van der Waals surface area contributed by atoms with Crippen molar-refractivity contribution in [1.82, 2.24) is 15.2 Å². The molecule has 1 heterocycles. The van der Waals surface area contributed by atoms with E-state index in [4.69, 9.17) is 0 Å². The van der Waals surface area contributed by atoms with Gasteiger partial charge < -0.3 is 5.32 Å². The van der Waals surface area contributed by atoms with Gasteiger partial charge in [0.1, 0.15) is 17.5 Å². The largest absolute Gasteiger partial charge is 0.374 e. The van der Waals surface area contributed by atoms with E-state index in [0.29, 0.717) is 5.82 Å². The summed E-state index contributed by atoms with van der Waals surface area (Å²) >= 11 is 3.03. The Kier molecular flexibility index (Phi) is 3.23. The molecule has 1 aromatic heterocycles. The summed E-state index contributed by atoms with van der Waals surface area (Å²) in [6.07, 6.45) is 0. The molecule has 90 valence electrons. The van der Waals surface area contributed by atoms with Crippen LogP contribution in [0.25, 0.3) is 0 Å². The zero-order chi connectivity index (χ0) is 12.4. The van der Waals surface area contributed by atoms with Crippen LogP contribution in [0, 0.1) is 11.6 Å². The summed E-state index contributed by atoms with van der Waals surface area (Å²) in [6, 6.07) is 1.90. The predicted molar refractivity (Wildman–Crippen MR) is 60.6 cm³/mol. The lowest BCUT2D eigenvalue weighted by atomic mass is 10.3. The molecule has 0 radical (unpaired) electrons. The highest BCUT2D eigenvalue weighted by atomic mass is 79.9. The second kappa shape index (κ2) is 4.66. The molecule has 0 bridgehead atoms. The van der Waals surface area contributed by atoms with E-state index in [1.54, 1.807) is 0 Å². The Bertz CT molecular complexity index is 572. The SMILES string of the molecule is O=c1[nH]nc(CNc2c(F)cc(F)cc2Br)[nH]1. The lowest BCUT2D eigenvalue weighted by Gasteiger charge is -2.08. The van der Waals surface area contributed by atoms with Crippen molar-refractivity contribution in [1.29, 1.82) is 0 Å². The number of hydrogen-bond acceptors (Lipinski definition) is 3. The Morgan fingerprint density at radius 2 is 2.18 bits per heavy atom. The molecule has 17 heavy (non-hydrogen) atoms. The van der Waals surface area contributed by atoms with Crippen LogP contribution in [0.2, 0.25) is 0 Å². The average molecular weight is 305 g/mol. The number of halogens is 3. The van der Waals surface area contributed by atoms with Crippen LogP contribution in [-0.4, -0.2) is 15.2 Å². The molecule has 0 saturated carbocycles. The Balaban J connectivity index is 2.16. The maximum Gasteiger partial charge on any atom is 0.340 e. The van der Waals surface area contributed by atoms with Gasteiger partial charge in [0, 0.05) is 10.5 Å². The molecule has 0 amide bonds. The van der Waals surface area contributed by atoms with Crippen LogP contribution < -0.4 is 11.0 Å². The number of benzene rings is 1. The molecular weight excluding hydrogens is 298 g/mol. The molecule has 0 fully saturated rings. The van der Waals surface area contributed by atoms with Crippen LogP contribution in [0.3, 0.4) is 0 Å². The summed E-state index contributed by atoms with van der Waals surface area (Å²) < 4.78 is 26.5. The van der Waals surface area contributed by atoms with Crippen molar-refractivity contribution in [3.8, 4) is 0 Å². The Hall–Kier alpha value is -1.70. The van der Waals surface area contributed by atoms with Crippen molar-refractivity contribution >= 4 is 21.6 Å². The third-order valence-corrected chi connectivity index (χ3v) is 2.62. The van der Waals surface area contributed by atoms with Crippen LogP contribution in [0.5, 0.6) is 0 Å². The standard InChI is InChI=1S/C9H7BrF2N4O/c10-5-1-4(11)2-6(12)8(5)13-3-7-14-9(17)16-15-7/h1-2,13H,3H2,(H2,14,15,16,17). The lowest BCUT2D eigenvalue weighted by Crippen LogP contribution is -2.06. The normalized spacial score (nSPS) is 10.5. The highest BCUT2D eigenvalue weighted by Crippen LogP contribution is 2.26. The van der Waals surface area contributed by atoms with E-state index in [2.05, 4.69) is 36.4 Å². The van der Waals surface area contributed by atoms with Gasteiger partial charge >= 0.3 is 5.69 Å². The first-order valence-electron chi connectivity index (χ1n) is 4.58. The molecule has 2 rings (SSSR count). The van der Waals surface area contributed by atoms with Crippen molar-refractivity contribution in [3.05, 3.63) is 44.5 Å².